The van der Waals surface area contributed by atoms with Gasteiger partial charge in [-0.05, 0) is 39.5 Å². The van der Waals surface area contributed by atoms with Crippen LogP contribution in [0.4, 0.5) is 0 Å². The molecule has 1 aliphatic carbocycles. The molecule has 2 aliphatic rings. The molecule has 2 unspecified atom stereocenters. The van der Waals surface area contributed by atoms with Gasteiger partial charge in [0.05, 0.1) is 18.8 Å². The van der Waals surface area contributed by atoms with E-state index in [2.05, 4.69) is 25.7 Å². The van der Waals surface area contributed by atoms with Crippen molar-refractivity contribution in [2.24, 2.45) is 5.92 Å². The quantitative estimate of drug-likeness (QED) is 0.701. The monoisotopic (exact) mass is 241 g/mol. The predicted octanol–water partition coefficient (Wildman–Crippen LogP) is 1.44. The zero-order chi connectivity index (χ0) is 12.6. The highest BCUT2D eigenvalue weighted by Crippen LogP contribution is 2.37. The number of hydrogen-bond donors (Lipinski definition) is 0. The van der Waals surface area contributed by atoms with Gasteiger partial charge in [-0.2, -0.15) is 0 Å². The second-order valence-corrected chi connectivity index (χ2v) is 5.92. The van der Waals surface area contributed by atoms with Crippen LogP contribution >= 0.6 is 0 Å². The van der Waals surface area contributed by atoms with Gasteiger partial charge in [0.15, 0.2) is 0 Å². The van der Waals surface area contributed by atoms with Crippen molar-refractivity contribution in [2.75, 3.05) is 20.2 Å². The van der Waals surface area contributed by atoms with Gasteiger partial charge in [0.2, 0.25) is 0 Å². The summed E-state index contributed by atoms with van der Waals surface area (Å²) in [5, 5.41) is 0. The molecule has 0 aromatic carbocycles. The minimum Gasteiger partial charge on any atom is -0.468 e. The lowest BCUT2D eigenvalue weighted by Crippen LogP contribution is -2.57. The SMILES string of the molecule is COC(=O)C(C1CC1)N1CC(C)OC(C)(C)C1. The summed E-state index contributed by atoms with van der Waals surface area (Å²) in [6, 6.07) is -0.0642. The molecule has 1 aliphatic heterocycles. The van der Waals surface area contributed by atoms with Crippen molar-refractivity contribution in [3.63, 3.8) is 0 Å². The second-order valence-electron chi connectivity index (χ2n) is 5.92. The van der Waals surface area contributed by atoms with Crippen LogP contribution in [0.25, 0.3) is 0 Å². The molecule has 1 heterocycles. The van der Waals surface area contributed by atoms with E-state index in [-0.39, 0.29) is 23.7 Å². The number of methoxy groups -OCH3 is 1. The molecule has 2 atom stereocenters. The van der Waals surface area contributed by atoms with Gasteiger partial charge in [-0.3, -0.25) is 9.69 Å². The molecule has 4 heteroatoms. The van der Waals surface area contributed by atoms with Crippen LogP contribution in [0.3, 0.4) is 0 Å². The van der Waals surface area contributed by atoms with Gasteiger partial charge in [-0.25, -0.2) is 0 Å². The van der Waals surface area contributed by atoms with E-state index in [1.165, 1.54) is 7.11 Å². The standard InChI is InChI=1S/C13H23NO3/c1-9-7-14(8-13(2,3)17-9)11(10-5-6-10)12(15)16-4/h9-11H,5-8H2,1-4H3. The number of hydrogen-bond acceptors (Lipinski definition) is 4. The number of ether oxygens (including phenoxy) is 2. The third kappa shape index (κ3) is 2.99. The molecule has 98 valence electrons. The van der Waals surface area contributed by atoms with Crippen LogP contribution < -0.4 is 0 Å². The molecule has 0 amide bonds. The van der Waals surface area contributed by atoms with Gasteiger partial charge in [-0.1, -0.05) is 0 Å². The fourth-order valence-corrected chi connectivity index (χ4v) is 2.89. The lowest BCUT2D eigenvalue weighted by molar-refractivity contribution is -0.164. The molecule has 0 radical (unpaired) electrons. The van der Waals surface area contributed by atoms with Crippen molar-refractivity contribution < 1.29 is 14.3 Å². The highest BCUT2D eigenvalue weighted by Gasteiger charge is 2.45. The van der Waals surface area contributed by atoms with E-state index in [0.29, 0.717) is 5.92 Å². The smallest absolute Gasteiger partial charge is 0.323 e. The molecule has 0 aromatic heterocycles. The summed E-state index contributed by atoms with van der Waals surface area (Å²) in [5.41, 5.74) is -0.182. The molecule has 1 saturated heterocycles. The van der Waals surface area contributed by atoms with Gasteiger partial charge in [-0.15, -0.1) is 0 Å². The van der Waals surface area contributed by atoms with Crippen molar-refractivity contribution >= 4 is 5.97 Å². The van der Waals surface area contributed by atoms with Crippen molar-refractivity contribution in [3.05, 3.63) is 0 Å². The summed E-state index contributed by atoms with van der Waals surface area (Å²) >= 11 is 0. The minimum atomic E-state index is -0.182. The van der Waals surface area contributed by atoms with Crippen LogP contribution in [0.15, 0.2) is 0 Å². The number of esters is 1. The maximum absolute atomic E-state index is 11.9. The molecule has 4 nitrogen and oxygen atoms in total. The molecule has 17 heavy (non-hydrogen) atoms. The van der Waals surface area contributed by atoms with E-state index in [1.54, 1.807) is 0 Å². The average Bonchev–Trinajstić information content (AvgIpc) is 2.98. The Morgan fingerprint density at radius 2 is 2.12 bits per heavy atom. The highest BCUT2D eigenvalue weighted by atomic mass is 16.5. The highest BCUT2D eigenvalue weighted by molar-refractivity contribution is 5.76. The molecule has 0 N–H and O–H groups in total. The molecule has 1 saturated carbocycles. The van der Waals surface area contributed by atoms with Gasteiger partial charge in [0, 0.05) is 13.1 Å². The van der Waals surface area contributed by atoms with E-state index in [9.17, 15) is 4.79 Å². The zero-order valence-corrected chi connectivity index (χ0v) is 11.2. The summed E-state index contributed by atoms with van der Waals surface area (Å²) in [4.78, 5) is 14.2. The number of nitrogens with zero attached hydrogens (tertiary/aromatic N) is 1. The number of rotatable bonds is 3. The minimum absolute atomic E-state index is 0.0642. The van der Waals surface area contributed by atoms with Crippen LogP contribution in [0.1, 0.15) is 33.6 Å². The third-order valence-corrected chi connectivity index (χ3v) is 3.50. The first kappa shape index (κ1) is 12.8. The van der Waals surface area contributed by atoms with Crippen LogP contribution in [0.2, 0.25) is 0 Å². The van der Waals surface area contributed by atoms with Crippen molar-refractivity contribution in [1.29, 1.82) is 0 Å². The lowest BCUT2D eigenvalue weighted by atomic mass is 10.0. The van der Waals surface area contributed by atoms with Crippen LogP contribution in [-0.4, -0.2) is 48.8 Å². The summed E-state index contributed by atoms with van der Waals surface area (Å²) in [6.45, 7) is 7.84. The Kier molecular flexibility index (Phi) is 3.46. The van der Waals surface area contributed by atoms with Gasteiger partial charge in [0.25, 0.3) is 0 Å². The van der Waals surface area contributed by atoms with Crippen LogP contribution in [0, 0.1) is 5.92 Å². The summed E-state index contributed by atoms with van der Waals surface area (Å²) in [6.07, 6.45) is 2.46. The number of carbonyl (C=O) groups excluding carboxylic acids is 1. The Hall–Kier alpha value is -0.610. The van der Waals surface area contributed by atoms with E-state index in [4.69, 9.17) is 9.47 Å². The van der Waals surface area contributed by atoms with Crippen molar-refractivity contribution in [2.45, 2.75) is 51.4 Å². The van der Waals surface area contributed by atoms with Gasteiger partial charge in [0.1, 0.15) is 6.04 Å². The fourth-order valence-electron chi connectivity index (χ4n) is 2.89. The Bertz CT molecular complexity index is 299. The molecule has 0 bridgehead atoms. The zero-order valence-electron chi connectivity index (χ0n) is 11.2. The van der Waals surface area contributed by atoms with Gasteiger partial charge < -0.3 is 9.47 Å². The average molecular weight is 241 g/mol. The second kappa shape index (κ2) is 4.58. The van der Waals surface area contributed by atoms with Crippen molar-refractivity contribution in [3.8, 4) is 0 Å². The first-order chi connectivity index (χ1) is 7.93. The number of carbonyl (C=O) groups is 1. The summed E-state index contributed by atoms with van der Waals surface area (Å²) < 4.78 is 10.8. The first-order valence-corrected chi connectivity index (χ1v) is 6.42. The maximum Gasteiger partial charge on any atom is 0.323 e. The Balaban J connectivity index is 2.10. The summed E-state index contributed by atoms with van der Waals surface area (Å²) in [5.74, 6) is 0.404. The topological polar surface area (TPSA) is 38.8 Å². The van der Waals surface area contributed by atoms with E-state index < -0.39 is 0 Å². The van der Waals surface area contributed by atoms with Crippen LogP contribution in [0.5, 0.6) is 0 Å². The molecule has 0 aromatic rings. The Morgan fingerprint density at radius 1 is 1.47 bits per heavy atom. The molecule has 2 fully saturated rings. The predicted molar refractivity (Wildman–Crippen MR) is 64.7 cm³/mol. The number of morpholine rings is 1. The van der Waals surface area contributed by atoms with E-state index >= 15 is 0 Å². The normalized spacial score (nSPS) is 30.9. The Labute approximate surface area is 103 Å². The van der Waals surface area contributed by atoms with Crippen molar-refractivity contribution in [1.82, 2.24) is 4.90 Å². The fraction of sp³-hybridized carbons (Fsp3) is 0.923. The molecular formula is C13H23NO3. The maximum atomic E-state index is 11.9. The summed E-state index contributed by atoms with van der Waals surface area (Å²) in [7, 11) is 1.48. The molecule has 2 rings (SSSR count). The molecular weight excluding hydrogens is 218 g/mol. The van der Waals surface area contributed by atoms with E-state index in [1.807, 2.05) is 0 Å². The Morgan fingerprint density at radius 3 is 2.59 bits per heavy atom. The largest absolute Gasteiger partial charge is 0.468 e. The molecule has 0 spiro atoms. The van der Waals surface area contributed by atoms with Gasteiger partial charge >= 0.3 is 5.97 Å². The van der Waals surface area contributed by atoms with Crippen LogP contribution in [-0.2, 0) is 14.3 Å². The lowest BCUT2D eigenvalue weighted by Gasteiger charge is -2.44. The third-order valence-electron chi connectivity index (χ3n) is 3.50. The van der Waals surface area contributed by atoms with E-state index in [0.717, 1.165) is 25.9 Å². The first-order valence-electron chi connectivity index (χ1n) is 6.42.